The van der Waals surface area contributed by atoms with Crippen molar-refractivity contribution in [1.82, 2.24) is 4.90 Å². The number of furan rings is 1. The van der Waals surface area contributed by atoms with Crippen molar-refractivity contribution in [2.75, 3.05) is 6.54 Å². The molecule has 1 aromatic heterocycles. The van der Waals surface area contributed by atoms with E-state index in [4.69, 9.17) is 9.52 Å². The van der Waals surface area contributed by atoms with Gasteiger partial charge in [0.1, 0.15) is 12.3 Å². The minimum atomic E-state index is -1.02. The van der Waals surface area contributed by atoms with E-state index in [1.54, 1.807) is 18.4 Å². The number of carbonyl (C=O) groups is 2. The van der Waals surface area contributed by atoms with Crippen molar-refractivity contribution in [2.24, 2.45) is 0 Å². The van der Waals surface area contributed by atoms with Crippen LogP contribution in [0.5, 0.6) is 0 Å². The lowest BCUT2D eigenvalue weighted by Gasteiger charge is -2.20. The van der Waals surface area contributed by atoms with E-state index in [9.17, 15) is 9.59 Å². The molecular formula is C16H17NO4. The first-order valence-electron chi connectivity index (χ1n) is 6.71. The van der Waals surface area contributed by atoms with Crippen molar-refractivity contribution in [3.8, 4) is 0 Å². The lowest BCUT2D eigenvalue weighted by molar-refractivity contribution is -0.144. The molecule has 21 heavy (non-hydrogen) atoms. The molecule has 1 amide bonds. The van der Waals surface area contributed by atoms with Gasteiger partial charge in [-0.2, -0.15) is 0 Å². The Hall–Kier alpha value is -2.56. The summed E-state index contributed by atoms with van der Waals surface area (Å²) in [5.74, 6) is -0.492. The van der Waals surface area contributed by atoms with Gasteiger partial charge in [-0.25, -0.2) is 0 Å². The maximum atomic E-state index is 12.2. The number of benzene rings is 1. The summed E-state index contributed by atoms with van der Waals surface area (Å²) in [6, 6.07) is 12.9. The molecule has 0 spiro atoms. The molecule has 2 aromatic rings. The fourth-order valence-electron chi connectivity index (χ4n) is 2.04. The number of aliphatic carboxylic acids is 1. The van der Waals surface area contributed by atoms with Gasteiger partial charge >= 0.3 is 5.97 Å². The maximum absolute atomic E-state index is 12.2. The molecule has 0 saturated carbocycles. The average Bonchev–Trinajstić information content (AvgIpc) is 2.98. The lowest BCUT2D eigenvalue weighted by Crippen LogP contribution is -2.35. The van der Waals surface area contributed by atoms with E-state index in [2.05, 4.69) is 0 Å². The molecule has 0 saturated heterocycles. The zero-order chi connectivity index (χ0) is 15.1. The van der Waals surface area contributed by atoms with Crippen molar-refractivity contribution >= 4 is 11.9 Å². The SMILES string of the molecule is O=C(O)CN(Cc1ccccc1)C(=O)CCc1ccco1. The van der Waals surface area contributed by atoms with Crippen LogP contribution in [0.1, 0.15) is 17.7 Å². The van der Waals surface area contributed by atoms with Gasteiger partial charge in [0.2, 0.25) is 5.91 Å². The second-order valence-electron chi connectivity index (χ2n) is 4.71. The summed E-state index contributed by atoms with van der Waals surface area (Å²) < 4.78 is 5.18. The van der Waals surface area contributed by atoms with Crippen LogP contribution in [0.2, 0.25) is 0 Å². The van der Waals surface area contributed by atoms with Crippen LogP contribution < -0.4 is 0 Å². The molecule has 0 aliphatic rings. The van der Waals surface area contributed by atoms with Crippen molar-refractivity contribution in [3.63, 3.8) is 0 Å². The second kappa shape index (κ2) is 7.28. The Morgan fingerprint density at radius 1 is 1.10 bits per heavy atom. The molecule has 2 rings (SSSR count). The first kappa shape index (κ1) is 14.8. The number of amides is 1. The highest BCUT2D eigenvalue weighted by Gasteiger charge is 2.17. The van der Waals surface area contributed by atoms with Crippen molar-refractivity contribution in [3.05, 3.63) is 60.1 Å². The molecule has 1 N–H and O–H groups in total. The van der Waals surface area contributed by atoms with E-state index in [0.29, 0.717) is 13.0 Å². The smallest absolute Gasteiger partial charge is 0.323 e. The normalized spacial score (nSPS) is 10.3. The summed E-state index contributed by atoms with van der Waals surface area (Å²) in [6.45, 7) is -0.00396. The topological polar surface area (TPSA) is 70.8 Å². The predicted octanol–water partition coefficient (Wildman–Crippen LogP) is 2.33. The molecule has 1 heterocycles. The number of hydrogen-bond donors (Lipinski definition) is 1. The summed E-state index contributed by atoms with van der Waals surface area (Å²) in [5.41, 5.74) is 0.907. The molecule has 0 bridgehead atoms. The van der Waals surface area contributed by atoms with Crippen molar-refractivity contribution in [1.29, 1.82) is 0 Å². The molecule has 1 aromatic carbocycles. The monoisotopic (exact) mass is 287 g/mol. The Kier molecular flexibility index (Phi) is 5.15. The molecule has 0 unspecified atom stereocenters. The van der Waals surface area contributed by atoms with Gasteiger partial charge in [0, 0.05) is 19.4 Å². The fraction of sp³-hybridized carbons (Fsp3) is 0.250. The Morgan fingerprint density at radius 2 is 1.86 bits per heavy atom. The number of aryl methyl sites for hydroxylation is 1. The zero-order valence-electron chi connectivity index (χ0n) is 11.6. The molecule has 110 valence electrons. The average molecular weight is 287 g/mol. The number of hydrogen-bond acceptors (Lipinski definition) is 3. The van der Waals surface area contributed by atoms with Crippen LogP contribution >= 0.6 is 0 Å². The molecule has 5 nitrogen and oxygen atoms in total. The second-order valence-corrected chi connectivity index (χ2v) is 4.71. The van der Waals surface area contributed by atoms with Gasteiger partial charge in [0.05, 0.1) is 6.26 Å². The van der Waals surface area contributed by atoms with Crippen LogP contribution in [0, 0.1) is 0 Å². The molecule has 0 aliphatic heterocycles. The summed E-state index contributed by atoms with van der Waals surface area (Å²) in [4.78, 5) is 24.5. The standard InChI is InChI=1S/C16H17NO4/c18-15(9-8-14-7-4-10-21-14)17(12-16(19)20)11-13-5-2-1-3-6-13/h1-7,10H,8-9,11-12H2,(H,19,20). The Labute approximate surface area is 122 Å². The first-order valence-corrected chi connectivity index (χ1v) is 6.71. The quantitative estimate of drug-likeness (QED) is 0.848. The van der Waals surface area contributed by atoms with E-state index in [-0.39, 0.29) is 18.9 Å². The van der Waals surface area contributed by atoms with Gasteiger partial charge < -0.3 is 14.4 Å². The summed E-state index contributed by atoms with van der Waals surface area (Å²) >= 11 is 0. The Bertz CT molecular complexity index is 578. The van der Waals surface area contributed by atoms with Gasteiger partial charge in [-0.05, 0) is 17.7 Å². The van der Waals surface area contributed by atoms with Crippen LogP contribution in [0.3, 0.4) is 0 Å². The summed E-state index contributed by atoms with van der Waals surface area (Å²) in [6.07, 6.45) is 2.25. The van der Waals surface area contributed by atoms with Gasteiger partial charge in [-0.15, -0.1) is 0 Å². The molecule has 5 heteroatoms. The fourth-order valence-corrected chi connectivity index (χ4v) is 2.04. The Balaban J connectivity index is 1.97. The van der Waals surface area contributed by atoms with Crippen molar-refractivity contribution < 1.29 is 19.1 Å². The lowest BCUT2D eigenvalue weighted by atomic mass is 10.2. The van der Waals surface area contributed by atoms with Crippen LogP contribution in [-0.4, -0.2) is 28.4 Å². The number of carboxylic acid groups (broad SMARTS) is 1. The molecule has 0 fully saturated rings. The van der Waals surface area contributed by atoms with E-state index < -0.39 is 5.97 Å². The highest BCUT2D eigenvalue weighted by molar-refractivity contribution is 5.81. The Morgan fingerprint density at radius 3 is 2.48 bits per heavy atom. The van der Waals surface area contributed by atoms with Crippen LogP contribution in [0.25, 0.3) is 0 Å². The molecule has 0 radical (unpaired) electrons. The third kappa shape index (κ3) is 4.80. The summed E-state index contributed by atoms with van der Waals surface area (Å²) in [5, 5.41) is 8.95. The van der Waals surface area contributed by atoms with Gasteiger partial charge in [-0.3, -0.25) is 9.59 Å². The third-order valence-electron chi connectivity index (χ3n) is 3.06. The van der Waals surface area contributed by atoms with E-state index >= 15 is 0 Å². The van der Waals surface area contributed by atoms with E-state index in [1.165, 1.54) is 4.90 Å². The summed E-state index contributed by atoms with van der Waals surface area (Å²) in [7, 11) is 0. The highest BCUT2D eigenvalue weighted by Crippen LogP contribution is 2.09. The zero-order valence-corrected chi connectivity index (χ0v) is 11.6. The molecule has 0 atom stereocenters. The molecule has 0 aliphatic carbocycles. The van der Waals surface area contributed by atoms with Crippen molar-refractivity contribution in [2.45, 2.75) is 19.4 Å². The minimum Gasteiger partial charge on any atom is -0.480 e. The number of nitrogens with zero attached hydrogens (tertiary/aromatic N) is 1. The largest absolute Gasteiger partial charge is 0.480 e. The van der Waals surface area contributed by atoms with Crippen LogP contribution in [-0.2, 0) is 22.6 Å². The highest BCUT2D eigenvalue weighted by atomic mass is 16.4. The van der Waals surface area contributed by atoms with Gasteiger partial charge in [0.15, 0.2) is 0 Å². The first-order chi connectivity index (χ1) is 10.1. The van der Waals surface area contributed by atoms with Crippen LogP contribution in [0.4, 0.5) is 0 Å². The number of rotatable bonds is 7. The van der Waals surface area contributed by atoms with E-state index in [0.717, 1.165) is 11.3 Å². The third-order valence-corrected chi connectivity index (χ3v) is 3.06. The minimum absolute atomic E-state index is 0.197. The number of carbonyl (C=O) groups excluding carboxylic acids is 1. The number of carboxylic acids is 1. The van der Waals surface area contributed by atoms with Gasteiger partial charge in [-0.1, -0.05) is 30.3 Å². The predicted molar refractivity (Wildman–Crippen MR) is 76.5 cm³/mol. The maximum Gasteiger partial charge on any atom is 0.323 e. The van der Waals surface area contributed by atoms with Crippen LogP contribution in [0.15, 0.2) is 53.1 Å². The van der Waals surface area contributed by atoms with Gasteiger partial charge in [0.25, 0.3) is 0 Å². The molecular weight excluding hydrogens is 270 g/mol. The van der Waals surface area contributed by atoms with E-state index in [1.807, 2.05) is 30.3 Å².